The van der Waals surface area contributed by atoms with Crippen molar-refractivity contribution < 1.29 is 4.74 Å². The smallest absolute Gasteiger partial charge is 0.268 e. The summed E-state index contributed by atoms with van der Waals surface area (Å²) in [6.45, 7) is 3.57. The summed E-state index contributed by atoms with van der Waals surface area (Å²) in [6, 6.07) is 1.86. The van der Waals surface area contributed by atoms with Crippen LogP contribution in [0.2, 0.25) is 0 Å². The fourth-order valence-electron chi connectivity index (χ4n) is 1.71. The number of hydrogen-bond acceptors (Lipinski definition) is 6. The SMILES string of the molecule is CN(C)CCOCCNCc1nc2ccsc2c(=O)[nH]1. The molecule has 0 saturated carbocycles. The highest BCUT2D eigenvalue weighted by atomic mass is 32.1. The second kappa shape index (κ2) is 7.49. The summed E-state index contributed by atoms with van der Waals surface area (Å²) in [5.41, 5.74) is 0.696. The van der Waals surface area contributed by atoms with Crippen LogP contribution in [0.4, 0.5) is 0 Å². The normalized spacial score (nSPS) is 11.6. The number of hydrogen-bond donors (Lipinski definition) is 2. The van der Waals surface area contributed by atoms with E-state index in [0.29, 0.717) is 23.7 Å². The summed E-state index contributed by atoms with van der Waals surface area (Å²) < 4.78 is 6.15. The minimum absolute atomic E-state index is 0.0657. The lowest BCUT2D eigenvalue weighted by atomic mass is 10.4. The quantitative estimate of drug-likeness (QED) is 0.700. The standard InChI is InChI=1S/C13H20N4O2S/c1-17(2)5-7-19-6-4-14-9-11-15-10-3-8-20-12(10)13(18)16-11/h3,8,14H,4-7,9H2,1-2H3,(H,15,16,18). The average Bonchev–Trinajstić information content (AvgIpc) is 2.86. The number of fused-ring (bicyclic) bond motifs is 1. The molecule has 0 aliphatic rings. The van der Waals surface area contributed by atoms with Gasteiger partial charge in [-0.1, -0.05) is 0 Å². The number of rotatable bonds is 8. The zero-order valence-corrected chi connectivity index (χ0v) is 12.6. The Morgan fingerprint density at radius 2 is 2.30 bits per heavy atom. The van der Waals surface area contributed by atoms with E-state index in [1.807, 2.05) is 25.5 Å². The largest absolute Gasteiger partial charge is 0.379 e. The summed E-state index contributed by atoms with van der Waals surface area (Å²) in [5, 5.41) is 5.08. The zero-order chi connectivity index (χ0) is 14.4. The van der Waals surface area contributed by atoms with Crippen molar-refractivity contribution in [2.24, 2.45) is 0 Å². The molecule has 0 aliphatic carbocycles. The van der Waals surface area contributed by atoms with Gasteiger partial charge in [-0.3, -0.25) is 4.79 Å². The summed E-state index contributed by atoms with van der Waals surface area (Å²) in [6.07, 6.45) is 0. The number of nitrogens with one attached hydrogen (secondary N) is 2. The molecule has 6 nitrogen and oxygen atoms in total. The zero-order valence-electron chi connectivity index (χ0n) is 11.8. The Bertz CT molecular complexity index is 593. The van der Waals surface area contributed by atoms with Crippen LogP contribution in [-0.4, -0.2) is 55.3 Å². The highest BCUT2D eigenvalue weighted by Crippen LogP contribution is 2.13. The summed E-state index contributed by atoms with van der Waals surface area (Å²) in [5.74, 6) is 0.661. The lowest BCUT2D eigenvalue weighted by molar-refractivity contribution is 0.119. The summed E-state index contributed by atoms with van der Waals surface area (Å²) in [4.78, 5) is 21.0. The highest BCUT2D eigenvalue weighted by Gasteiger charge is 2.04. The van der Waals surface area contributed by atoms with Gasteiger partial charge in [0.2, 0.25) is 0 Å². The minimum Gasteiger partial charge on any atom is -0.379 e. The molecule has 2 N–H and O–H groups in total. The fourth-order valence-corrected chi connectivity index (χ4v) is 2.43. The van der Waals surface area contributed by atoms with Crippen molar-refractivity contribution in [2.45, 2.75) is 6.54 Å². The molecule has 7 heteroatoms. The fraction of sp³-hybridized carbons (Fsp3) is 0.538. The van der Waals surface area contributed by atoms with Crippen molar-refractivity contribution >= 4 is 21.6 Å². The van der Waals surface area contributed by atoms with Crippen LogP contribution in [0.3, 0.4) is 0 Å². The number of nitrogens with zero attached hydrogens (tertiary/aromatic N) is 2. The summed E-state index contributed by atoms with van der Waals surface area (Å²) >= 11 is 1.41. The van der Waals surface area contributed by atoms with Crippen LogP contribution in [-0.2, 0) is 11.3 Å². The molecule has 0 aromatic carbocycles. The van der Waals surface area contributed by atoms with E-state index in [4.69, 9.17) is 4.74 Å². The van der Waals surface area contributed by atoms with Crippen LogP contribution in [0.1, 0.15) is 5.82 Å². The molecule has 2 rings (SSSR count). The first-order valence-corrected chi connectivity index (χ1v) is 7.44. The van der Waals surface area contributed by atoms with Crippen LogP contribution in [0, 0.1) is 0 Å². The molecule has 110 valence electrons. The Balaban J connectivity index is 1.72. The number of H-pyrrole nitrogens is 1. The van der Waals surface area contributed by atoms with Gasteiger partial charge >= 0.3 is 0 Å². The van der Waals surface area contributed by atoms with E-state index in [1.165, 1.54) is 11.3 Å². The number of aromatic amines is 1. The van der Waals surface area contributed by atoms with Gasteiger partial charge in [-0.05, 0) is 25.5 Å². The molecule has 0 fully saturated rings. The van der Waals surface area contributed by atoms with Gasteiger partial charge in [0.1, 0.15) is 10.5 Å². The Labute approximate surface area is 121 Å². The van der Waals surface area contributed by atoms with Crippen molar-refractivity contribution in [1.29, 1.82) is 0 Å². The number of likely N-dealkylation sites (N-methyl/N-ethyl adjacent to an activating group) is 1. The maximum atomic E-state index is 11.8. The van der Waals surface area contributed by atoms with Gasteiger partial charge in [0.25, 0.3) is 5.56 Å². The van der Waals surface area contributed by atoms with Gasteiger partial charge in [-0.25, -0.2) is 4.98 Å². The predicted molar refractivity (Wildman–Crippen MR) is 81.3 cm³/mol. The Kier molecular flexibility index (Phi) is 5.66. The molecule has 0 bridgehead atoms. The molecule has 20 heavy (non-hydrogen) atoms. The average molecular weight is 296 g/mol. The Morgan fingerprint density at radius 3 is 3.10 bits per heavy atom. The van der Waals surface area contributed by atoms with Crippen molar-refractivity contribution in [1.82, 2.24) is 20.2 Å². The second-order valence-electron chi connectivity index (χ2n) is 4.74. The third-order valence-electron chi connectivity index (χ3n) is 2.76. The van der Waals surface area contributed by atoms with E-state index < -0.39 is 0 Å². The molecule has 0 spiro atoms. The predicted octanol–water partition coefficient (Wildman–Crippen LogP) is 0.652. The van der Waals surface area contributed by atoms with Crippen LogP contribution >= 0.6 is 11.3 Å². The van der Waals surface area contributed by atoms with E-state index >= 15 is 0 Å². The number of ether oxygens (including phenoxy) is 1. The number of aromatic nitrogens is 2. The molecule has 0 unspecified atom stereocenters. The van der Waals surface area contributed by atoms with Gasteiger partial charge in [-0.15, -0.1) is 11.3 Å². The summed E-state index contributed by atoms with van der Waals surface area (Å²) in [7, 11) is 4.04. The second-order valence-corrected chi connectivity index (χ2v) is 5.66. The van der Waals surface area contributed by atoms with Gasteiger partial charge in [0.15, 0.2) is 0 Å². The van der Waals surface area contributed by atoms with E-state index in [2.05, 4.69) is 20.2 Å². The maximum Gasteiger partial charge on any atom is 0.268 e. The van der Waals surface area contributed by atoms with Gasteiger partial charge in [0, 0.05) is 13.1 Å². The lowest BCUT2D eigenvalue weighted by Crippen LogP contribution is -2.24. The molecule has 2 aromatic heterocycles. The van der Waals surface area contributed by atoms with E-state index in [9.17, 15) is 4.79 Å². The lowest BCUT2D eigenvalue weighted by Gasteiger charge is -2.10. The molecule has 0 atom stereocenters. The molecule has 2 aromatic rings. The van der Waals surface area contributed by atoms with E-state index in [1.54, 1.807) is 0 Å². The van der Waals surface area contributed by atoms with E-state index in [-0.39, 0.29) is 5.56 Å². The first-order valence-electron chi connectivity index (χ1n) is 6.56. The first kappa shape index (κ1) is 15.1. The van der Waals surface area contributed by atoms with Crippen LogP contribution < -0.4 is 10.9 Å². The van der Waals surface area contributed by atoms with Crippen LogP contribution in [0.25, 0.3) is 10.2 Å². The van der Waals surface area contributed by atoms with Crippen molar-refractivity contribution in [3.63, 3.8) is 0 Å². The first-order chi connectivity index (χ1) is 9.66. The highest BCUT2D eigenvalue weighted by molar-refractivity contribution is 7.17. The Hall–Kier alpha value is -1.28. The van der Waals surface area contributed by atoms with Crippen molar-refractivity contribution in [2.75, 3.05) is 40.4 Å². The van der Waals surface area contributed by atoms with Gasteiger partial charge < -0.3 is 19.9 Å². The monoisotopic (exact) mass is 296 g/mol. The maximum absolute atomic E-state index is 11.8. The molecule has 2 heterocycles. The number of thiophene rings is 1. The third-order valence-corrected chi connectivity index (χ3v) is 3.66. The van der Waals surface area contributed by atoms with Crippen LogP contribution in [0.5, 0.6) is 0 Å². The molecular formula is C13H20N4O2S. The van der Waals surface area contributed by atoms with Crippen molar-refractivity contribution in [3.8, 4) is 0 Å². The molecular weight excluding hydrogens is 276 g/mol. The molecule has 0 aliphatic heterocycles. The third kappa shape index (κ3) is 4.38. The molecule has 0 radical (unpaired) electrons. The van der Waals surface area contributed by atoms with Gasteiger partial charge in [0.05, 0.1) is 25.3 Å². The Morgan fingerprint density at radius 1 is 1.45 bits per heavy atom. The topological polar surface area (TPSA) is 70.2 Å². The van der Waals surface area contributed by atoms with Crippen LogP contribution in [0.15, 0.2) is 16.2 Å². The van der Waals surface area contributed by atoms with Gasteiger partial charge in [-0.2, -0.15) is 0 Å². The molecule has 0 amide bonds. The molecule has 0 saturated heterocycles. The van der Waals surface area contributed by atoms with Crippen molar-refractivity contribution in [3.05, 3.63) is 27.6 Å². The van der Waals surface area contributed by atoms with E-state index in [0.717, 1.165) is 25.2 Å². The minimum atomic E-state index is -0.0657.